The van der Waals surface area contributed by atoms with E-state index in [2.05, 4.69) is 24.8 Å². The highest BCUT2D eigenvalue weighted by atomic mass is 14.6. The van der Waals surface area contributed by atoms with Gasteiger partial charge in [0.25, 0.3) is 0 Å². The first-order valence-corrected chi connectivity index (χ1v) is 9.92. The van der Waals surface area contributed by atoms with Crippen molar-refractivity contribution in [2.24, 2.45) is 35.0 Å². The van der Waals surface area contributed by atoms with Crippen LogP contribution in [0, 0.1) is 46.8 Å². The molecule has 0 amide bonds. The molecule has 0 aliphatic heterocycles. The van der Waals surface area contributed by atoms with Crippen LogP contribution in [-0.2, 0) is 0 Å². The maximum absolute atomic E-state index is 3.61. The lowest BCUT2D eigenvalue weighted by Gasteiger charge is -2.52. The van der Waals surface area contributed by atoms with E-state index in [-0.39, 0.29) is 0 Å². The van der Waals surface area contributed by atoms with E-state index in [0.717, 1.165) is 23.7 Å². The summed E-state index contributed by atoms with van der Waals surface area (Å²) in [5.74, 6) is 11.4. The highest BCUT2D eigenvalue weighted by Gasteiger charge is 2.54. The van der Waals surface area contributed by atoms with Crippen LogP contribution in [0.2, 0.25) is 0 Å². The minimum Gasteiger partial charge on any atom is -0.106 e. The smallest absolute Gasteiger partial charge is 0.0264 e. The van der Waals surface area contributed by atoms with Crippen molar-refractivity contribution in [3.63, 3.8) is 0 Å². The molecule has 0 saturated heterocycles. The molecule has 22 heavy (non-hydrogen) atoms. The van der Waals surface area contributed by atoms with Crippen molar-refractivity contribution in [1.29, 1.82) is 0 Å². The van der Waals surface area contributed by atoms with E-state index in [4.69, 9.17) is 0 Å². The van der Waals surface area contributed by atoms with Gasteiger partial charge < -0.3 is 0 Å². The highest BCUT2D eigenvalue weighted by Crippen LogP contribution is 2.63. The number of hydrogen-bond donors (Lipinski definition) is 0. The molecule has 120 valence electrons. The molecule has 0 aromatic carbocycles. The van der Waals surface area contributed by atoms with E-state index in [1.165, 1.54) is 64.2 Å². The molecule has 0 bridgehead atoms. The van der Waals surface area contributed by atoms with Gasteiger partial charge in [0, 0.05) is 5.92 Å². The molecule has 6 atom stereocenters. The van der Waals surface area contributed by atoms with Crippen LogP contribution in [0.5, 0.6) is 0 Å². The van der Waals surface area contributed by atoms with Gasteiger partial charge in [-0.2, -0.15) is 0 Å². The van der Waals surface area contributed by atoms with E-state index in [1.54, 1.807) is 0 Å². The zero-order valence-corrected chi connectivity index (χ0v) is 14.5. The van der Waals surface area contributed by atoms with Crippen LogP contribution in [0.15, 0.2) is 11.6 Å². The fraction of sp³-hybridized carbons (Fsp3) is 0.818. The molecule has 0 heterocycles. The lowest BCUT2D eigenvalue weighted by Crippen LogP contribution is -2.43. The number of rotatable bonds is 1. The van der Waals surface area contributed by atoms with Gasteiger partial charge >= 0.3 is 0 Å². The minimum atomic E-state index is 0.526. The average molecular weight is 296 g/mol. The molecule has 4 aliphatic rings. The molecule has 0 spiro atoms. The summed E-state index contributed by atoms with van der Waals surface area (Å²) in [6.45, 7) is 4.47. The van der Waals surface area contributed by atoms with Gasteiger partial charge in [-0.25, -0.2) is 0 Å². The van der Waals surface area contributed by atoms with Gasteiger partial charge in [0.15, 0.2) is 0 Å². The summed E-state index contributed by atoms with van der Waals surface area (Å²) in [7, 11) is 0. The number of fused-ring (bicyclic) bond motifs is 5. The largest absolute Gasteiger partial charge is 0.106 e. The molecule has 0 N–H and O–H groups in total. The number of hydrogen-bond acceptors (Lipinski definition) is 0. The predicted molar refractivity (Wildman–Crippen MR) is 93.3 cm³/mol. The Hall–Kier alpha value is -0.700. The fourth-order valence-corrected chi connectivity index (χ4v) is 6.99. The molecule has 4 aliphatic carbocycles. The lowest BCUT2D eigenvalue weighted by molar-refractivity contribution is 0.0633. The quantitative estimate of drug-likeness (QED) is 0.412. The summed E-state index contributed by atoms with van der Waals surface area (Å²) in [6, 6.07) is 0. The van der Waals surface area contributed by atoms with Crippen LogP contribution >= 0.6 is 0 Å². The first kappa shape index (κ1) is 14.9. The van der Waals surface area contributed by atoms with E-state index in [0.29, 0.717) is 11.3 Å². The van der Waals surface area contributed by atoms with Crippen LogP contribution < -0.4 is 0 Å². The van der Waals surface area contributed by atoms with Crippen molar-refractivity contribution in [2.75, 3.05) is 0 Å². The van der Waals surface area contributed by atoms with Gasteiger partial charge in [-0.3, -0.25) is 0 Å². The van der Waals surface area contributed by atoms with Crippen molar-refractivity contribution < 1.29 is 0 Å². The molecule has 4 rings (SSSR count). The topological polar surface area (TPSA) is 0 Å². The van der Waals surface area contributed by atoms with Gasteiger partial charge in [-0.1, -0.05) is 37.3 Å². The zero-order valence-electron chi connectivity index (χ0n) is 14.5. The second-order valence-corrected chi connectivity index (χ2v) is 8.46. The molecule has 0 aromatic heterocycles. The normalized spacial score (nSPS) is 46.6. The van der Waals surface area contributed by atoms with Crippen molar-refractivity contribution in [3.05, 3.63) is 11.6 Å². The molecular formula is C22H32. The van der Waals surface area contributed by atoms with E-state index >= 15 is 0 Å². The lowest BCUT2D eigenvalue weighted by atomic mass is 9.53. The zero-order chi connectivity index (χ0) is 15.2. The molecule has 0 nitrogen and oxygen atoms in total. The molecule has 1 unspecified atom stereocenters. The molecular weight excluding hydrogens is 264 g/mol. The monoisotopic (exact) mass is 296 g/mol. The Morgan fingerprint density at radius 1 is 1.05 bits per heavy atom. The molecule has 0 heteroatoms. The molecule has 0 radical (unpaired) electrons. The third-order valence-corrected chi connectivity index (χ3v) is 7.99. The van der Waals surface area contributed by atoms with E-state index in [9.17, 15) is 0 Å². The highest BCUT2D eigenvalue weighted by molar-refractivity contribution is 5.27. The van der Waals surface area contributed by atoms with Crippen molar-refractivity contribution in [2.45, 2.75) is 78.1 Å². The number of allylic oxidation sites excluding steroid dienone is 2. The average Bonchev–Trinajstić information content (AvgIpc) is 2.94. The summed E-state index contributed by atoms with van der Waals surface area (Å²) in [5.41, 5.74) is 2.45. The summed E-state index contributed by atoms with van der Waals surface area (Å²) in [4.78, 5) is 0. The Morgan fingerprint density at radius 3 is 2.73 bits per heavy atom. The van der Waals surface area contributed by atoms with Gasteiger partial charge in [0.05, 0.1) is 0 Å². The maximum atomic E-state index is 3.61. The van der Waals surface area contributed by atoms with Crippen molar-refractivity contribution >= 4 is 0 Å². The van der Waals surface area contributed by atoms with Gasteiger partial charge in [-0.05, 0) is 87.4 Å². The van der Waals surface area contributed by atoms with Crippen LogP contribution in [0.4, 0.5) is 0 Å². The van der Waals surface area contributed by atoms with Gasteiger partial charge in [0.2, 0.25) is 0 Å². The molecule has 0 aromatic rings. The Labute approximate surface area is 137 Å². The standard InChI is InChI=1S/C22H32/c1-3-7-17-11-13-21-20-12-10-16-8-5-6-9-18(16)19(20)14-15-22(17,21)4-2/h14,16-18,20-21H,4-6,8-13,15H2,1-2H3/t16?,17-,18+,20-,21+,22-/m1/s1. The first-order chi connectivity index (χ1) is 10.8. The fourth-order valence-electron chi connectivity index (χ4n) is 6.99. The third-order valence-electron chi connectivity index (χ3n) is 7.99. The van der Waals surface area contributed by atoms with Crippen molar-refractivity contribution in [1.82, 2.24) is 0 Å². The summed E-state index contributed by atoms with van der Waals surface area (Å²) >= 11 is 0. The maximum Gasteiger partial charge on any atom is 0.0264 e. The van der Waals surface area contributed by atoms with E-state index in [1.807, 2.05) is 12.5 Å². The SMILES string of the molecule is CC#C[C@@H]1CC[C@H]2[C@@H]3CCC4CCCC[C@@H]4C3=CC[C@]12CC. The third kappa shape index (κ3) is 2.04. The summed E-state index contributed by atoms with van der Waals surface area (Å²) in [6.07, 6.45) is 17.2. The van der Waals surface area contributed by atoms with Crippen LogP contribution in [0.1, 0.15) is 78.1 Å². The van der Waals surface area contributed by atoms with Gasteiger partial charge in [-0.15, -0.1) is 5.92 Å². The van der Waals surface area contributed by atoms with E-state index < -0.39 is 0 Å². The first-order valence-electron chi connectivity index (χ1n) is 9.92. The second kappa shape index (κ2) is 5.74. The minimum absolute atomic E-state index is 0.526. The molecule has 3 saturated carbocycles. The second-order valence-electron chi connectivity index (χ2n) is 8.46. The van der Waals surface area contributed by atoms with Gasteiger partial charge in [0.1, 0.15) is 0 Å². The molecule has 3 fully saturated rings. The summed E-state index contributed by atoms with van der Waals surface area (Å²) in [5, 5.41) is 0. The predicted octanol–water partition coefficient (Wildman–Crippen LogP) is 5.98. The van der Waals surface area contributed by atoms with Crippen molar-refractivity contribution in [3.8, 4) is 11.8 Å². The Morgan fingerprint density at radius 2 is 1.91 bits per heavy atom. The van der Waals surface area contributed by atoms with Crippen LogP contribution in [0.3, 0.4) is 0 Å². The van der Waals surface area contributed by atoms with Crippen LogP contribution in [-0.4, -0.2) is 0 Å². The van der Waals surface area contributed by atoms with Crippen LogP contribution in [0.25, 0.3) is 0 Å². The Kier molecular flexibility index (Phi) is 3.88. The summed E-state index contributed by atoms with van der Waals surface area (Å²) < 4.78 is 0. The Balaban J connectivity index is 1.67. The Bertz CT molecular complexity index is 516.